The van der Waals surface area contributed by atoms with Gasteiger partial charge in [0.05, 0.1) is 19.3 Å². The van der Waals surface area contributed by atoms with E-state index in [2.05, 4.69) is 30.4 Å². The van der Waals surface area contributed by atoms with Gasteiger partial charge in [-0.15, -0.1) is 11.8 Å². The molecule has 1 unspecified atom stereocenters. The molecule has 5 heteroatoms. The lowest BCUT2D eigenvalue weighted by atomic mass is 9.87. The summed E-state index contributed by atoms with van der Waals surface area (Å²) in [6.45, 7) is 6.98. The predicted molar refractivity (Wildman–Crippen MR) is 116 cm³/mol. The van der Waals surface area contributed by atoms with Gasteiger partial charge in [-0.1, -0.05) is 45.8 Å². The van der Waals surface area contributed by atoms with Crippen LogP contribution in [0.3, 0.4) is 0 Å². The van der Waals surface area contributed by atoms with Gasteiger partial charge in [0, 0.05) is 38.1 Å². The van der Waals surface area contributed by atoms with Crippen LogP contribution in [0.4, 0.5) is 0 Å². The van der Waals surface area contributed by atoms with Gasteiger partial charge in [-0.3, -0.25) is 9.59 Å². The van der Waals surface area contributed by atoms with Crippen LogP contribution >= 0.6 is 0 Å². The molecular weight excluding hydrogens is 366 g/mol. The van der Waals surface area contributed by atoms with Gasteiger partial charge < -0.3 is 14.7 Å². The van der Waals surface area contributed by atoms with E-state index in [1.54, 1.807) is 0 Å². The molecule has 0 saturated carbocycles. The van der Waals surface area contributed by atoms with Gasteiger partial charge in [-0.2, -0.15) is 0 Å². The van der Waals surface area contributed by atoms with Crippen molar-refractivity contribution >= 4 is 11.9 Å². The number of hydrogen-bond acceptors (Lipinski definition) is 4. The van der Waals surface area contributed by atoms with Crippen LogP contribution in [-0.2, 0) is 14.3 Å². The molecule has 5 nitrogen and oxygen atoms in total. The Kier molecular flexibility index (Phi) is 12.4. The van der Waals surface area contributed by atoms with E-state index in [0.29, 0.717) is 25.2 Å². The van der Waals surface area contributed by atoms with Crippen molar-refractivity contribution in [3.8, 4) is 11.8 Å². The molecule has 1 amide bonds. The van der Waals surface area contributed by atoms with Crippen LogP contribution in [0.1, 0.15) is 78.6 Å². The highest BCUT2D eigenvalue weighted by Gasteiger charge is 2.29. The first-order valence-electron chi connectivity index (χ1n) is 11.1. The maximum absolute atomic E-state index is 12.2. The molecule has 164 valence electrons. The zero-order valence-electron chi connectivity index (χ0n) is 18.7. The van der Waals surface area contributed by atoms with Crippen molar-refractivity contribution in [2.24, 2.45) is 11.8 Å². The number of hydrogen-bond donors (Lipinski definition) is 1. The number of nitrogens with zero attached hydrogens (tertiary/aromatic N) is 1. The van der Waals surface area contributed by atoms with Gasteiger partial charge >= 0.3 is 5.97 Å². The van der Waals surface area contributed by atoms with Gasteiger partial charge in [0.25, 0.3) is 0 Å². The van der Waals surface area contributed by atoms with Crippen LogP contribution in [0.2, 0.25) is 0 Å². The number of carbonyl (C=O) groups is 2. The average molecular weight is 406 g/mol. The number of ether oxygens (including phenoxy) is 1. The summed E-state index contributed by atoms with van der Waals surface area (Å²) in [5.41, 5.74) is 0. The van der Waals surface area contributed by atoms with Crippen LogP contribution in [0, 0.1) is 23.7 Å². The number of esters is 1. The van der Waals surface area contributed by atoms with Crippen molar-refractivity contribution in [1.29, 1.82) is 0 Å². The third-order valence-electron chi connectivity index (χ3n) is 5.60. The number of likely N-dealkylation sites (tertiary alicyclic amines) is 1. The van der Waals surface area contributed by atoms with Crippen LogP contribution in [-0.4, -0.2) is 47.7 Å². The third kappa shape index (κ3) is 9.49. The molecule has 1 heterocycles. The second-order valence-electron chi connectivity index (χ2n) is 8.13. The molecular formula is C24H39NO4. The minimum atomic E-state index is -0.544. The first-order valence-corrected chi connectivity index (χ1v) is 11.1. The van der Waals surface area contributed by atoms with Gasteiger partial charge in [-0.25, -0.2) is 0 Å². The Morgan fingerprint density at radius 2 is 2.00 bits per heavy atom. The van der Waals surface area contributed by atoms with Crippen molar-refractivity contribution in [3.05, 3.63) is 12.2 Å². The van der Waals surface area contributed by atoms with Crippen molar-refractivity contribution in [2.75, 3.05) is 13.7 Å². The Balaban J connectivity index is 2.49. The topological polar surface area (TPSA) is 66.8 Å². The fourth-order valence-electron chi connectivity index (χ4n) is 3.70. The molecule has 1 aliphatic rings. The molecule has 0 aromatic heterocycles. The number of aliphatic hydroxyl groups excluding tert-OH is 1. The number of unbranched alkanes of at least 4 members (excludes halogenated alkanes) is 3. The predicted octanol–water partition coefficient (Wildman–Crippen LogP) is 4.09. The summed E-state index contributed by atoms with van der Waals surface area (Å²) in [6, 6.07) is 0.0711. The second kappa shape index (κ2) is 14.2. The van der Waals surface area contributed by atoms with E-state index >= 15 is 0 Å². The van der Waals surface area contributed by atoms with Gasteiger partial charge in [0.2, 0.25) is 5.91 Å². The highest BCUT2D eigenvalue weighted by atomic mass is 16.5. The molecule has 0 radical (unpaired) electrons. The van der Waals surface area contributed by atoms with E-state index in [0.717, 1.165) is 45.1 Å². The number of rotatable bonds is 12. The zero-order valence-corrected chi connectivity index (χ0v) is 18.7. The Labute approximate surface area is 176 Å². The largest absolute Gasteiger partial charge is 0.469 e. The van der Waals surface area contributed by atoms with E-state index in [9.17, 15) is 14.7 Å². The number of amides is 1. The Bertz CT molecular complexity index is 587. The summed E-state index contributed by atoms with van der Waals surface area (Å²) in [7, 11) is 1.41. The molecule has 0 aromatic rings. The third-order valence-corrected chi connectivity index (χ3v) is 5.60. The van der Waals surface area contributed by atoms with Crippen molar-refractivity contribution < 1.29 is 19.4 Å². The summed E-state index contributed by atoms with van der Waals surface area (Å²) in [4.78, 5) is 25.3. The molecule has 1 N–H and O–H groups in total. The Hall–Kier alpha value is -1.80. The number of methoxy groups -OCH3 is 1. The molecule has 1 fully saturated rings. The molecule has 29 heavy (non-hydrogen) atoms. The van der Waals surface area contributed by atoms with Crippen LogP contribution < -0.4 is 0 Å². The SMILES string of the molecule is CCC#CC[C@@H](C(C)C)[C@@H](O)/C=C/C1CCC(=O)N1CCCCCCC(=O)OC. The van der Waals surface area contributed by atoms with Crippen LogP contribution in [0.15, 0.2) is 12.2 Å². The maximum Gasteiger partial charge on any atom is 0.305 e. The lowest BCUT2D eigenvalue weighted by molar-refractivity contribution is -0.140. The fraction of sp³-hybridized carbons (Fsp3) is 0.750. The number of carbonyl (C=O) groups excluding carboxylic acids is 2. The Morgan fingerprint density at radius 1 is 1.28 bits per heavy atom. The van der Waals surface area contributed by atoms with Gasteiger partial charge in [-0.05, 0) is 25.2 Å². The summed E-state index contributed by atoms with van der Waals surface area (Å²) in [5.74, 6) is 6.71. The zero-order chi connectivity index (χ0) is 21.6. The number of aliphatic hydroxyl groups is 1. The summed E-state index contributed by atoms with van der Waals surface area (Å²) in [6.07, 6.45) is 10.4. The molecule has 0 aliphatic carbocycles. The first kappa shape index (κ1) is 25.2. The molecule has 0 spiro atoms. The average Bonchev–Trinajstić information content (AvgIpc) is 3.05. The molecule has 1 saturated heterocycles. The van der Waals surface area contributed by atoms with E-state index in [4.69, 9.17) is 0 Å². The monoisotopic (exact) mass is 405 g/mol. The van der Waals surface area contributed by atoms with Crippen molar-refractivity contribution in [2.45, 2.75) is 90.7 Å². The van der Waals surface area contributed by atoms with Crippen molar-refractivity contribution in [1.82, 2.24) is 4.90 Å². The Morgan fingerprint density at radius 3 is 2.66 bits per heavy atom. The second-order valence-corrected chi connectivity index (χ2v) is 8.13. The molecule has 3 atom stereocenters. The summed E-state index contributed by atoms with van der Waals surface area (Å²) in [5, 5.41) is 10.6. The van der Waals surface area contributed by atoms with Crippen LogP contribution in [0.25, 0.3) is 0 Å². The summed E-state index contributed by atoms with van der Waals surface area (Å²) >= 11 is 0. The summed E-state index contributed by atoms with van der Waals surface area (Å²) < 4.78 is 4.64. The quantitative estimate of drug-likeness (QED) is 0.230. The minimum Gasteiger partial charge on any atom is -0.469 e. The first-order chi connectivity index (χ1) is 13.9. The highest BCUT2D eigenvalue weighted by molar-refractivity contribution is 5.79. The van der Waals surface area contributed by atoms with Gasteiger partial charge in [0.1, 0.15) is 0 Å². The molecule has 1 aliphatic heterocycles. The normalized spacial score (nSPS) is 18.8. The standard InChI is InChI=1S/C24H39NO4/c1-5-6-9-12-21(19(2)3)22(26)16-14-20-15-17-23(27)25(20)18-11-8-7-10-13-24(28)29-4/h14,16,19-22,26H,5,7-8,10-13,15,17-18H2,1-4H3/b16-14+/t20?,21-,22-/m0/s1. The fourth-order valence-corrected chi connectivity index (χ4v) is 3.70. The smallest absolute Gasteiger partial charge is 0.305 e. The lowest BCUT2D eigenvalue weighted by Gasteiger charge is -2.25. The molecule has 0 bridgehead atoms. The van der Waals surface area contributed by atoms with Gasteiger partial charge in [0.15, 0.2) is 0 Å². The minimum absolute atomic E-state index is 0.0711. The highest BCUT2D eigenvalue weighted by Crippen LogP contribution is 2.24. The van der Waals surface area contributed by atoms with E-state index in [1.807, 2.05) is 24.0 Å². The maximum atomic E-state index is 12.2. The molecule has 0 aromatic carbocycles. The van der Waals surface area contributed by atoms with Crippen LogP contribution in [0.5, 0.6) is 0 Å². The van der Waals surface area contributed by atoms with E-state index in [1.165, 1.54) is 7.11 Å². The van der Waals surface area contributed by atoms with E-state index in [-0.39, 0.29) is 23.8 Å². The molecule has 1 rings (SSSR count). The van der Waals surface area contributed by atoms with Crippen molar-refractivity contribution in [3.63, 3.8) is 0 Å². The lowest BCUT2D eigenvalue weighted by Crippen LogP contribution is -2.33. The van der Waals surface area contributed by atoms with E-state index < -0.39 is 6.10 Å².